The van der Waals surface area contributed by atoms with E-state index < -0.39 is 16.2 Å². The lowest BCUT2D eigenvalue weighted by Gasteiger charge is -2.63. The fourth-order valence-corrected chi connectivity index (χ4v) is 31.1. The smallest absolute Gasteiger partial charge is 0.312 e. The molecule has 18 atom stereocenters. The Morgan fingerprint density at radius 1 is 0.346 bits per heavy atom. The van der Waals surface area contributed by atoms with Gasteiger partial charge in [-0.3, -0.25) is 14.4 Å². The first-order chi connectivity index (χ1) is 51.3. The van der Waals surface area contributed by atoms with Crippen LogP contribution in [0, 0.1) is 68.0 Å². The molecule has 15 aliphatic rings. The minimum absolute atomic E-state index is 0.00456. The Kier molecular flexibility index (Phi) is 15.1. The molecule has 0 saturated heterocycles. The van der Waals surface area contributed by atoms with Crippen molar-refractivity contribution in [3.05, 3.63) is 142 Å². The van der Waals surface area contributed by atoms with E-state index in [1.54, 1.807) is 0 Å². The molecule has 21 rings (SSSR count). The summed E-state index contributed by atoms with van der Waals surface area (Å²) >= 11 is 0. The molecule has 12 heteroatoms. The van der Waals surface area contributed by atoms with Crippen LogP contribution >= 0.6 is 0 Å². The number of esters is 3. The van der Waals surface area contributed by atoms with Gasteiger partial charge in [0.05, 0.1) is 103 Å². The van der Waals surface area contributed by atoms with Gasteiger partial charge < -0.3 is 14.2 Å². The maximum Gasteiger partial charge on any atom is 0.312 e. The van der Waals surface area contributed by atoms with Crippen LogP contribution in [0.3, 0.4) is 0 Å². The van der Waals surface area contributed by atoms with Crippen LogP contribution in [0.4, 0.5) is 0 Å². The van der Waals surface area contributed by atoms with Gasteiger partial charge in [0.1, 0.15) is 0 Å². The van der Waals surface area contributed by atoms with Crippen LogP contribution in [0.5, 0.6) is 0 Å². The quantitative estimate of drug-likeness (QED) is 0.0415. The lowest BCUT2D eigenvalue weighted by molar-refractivity contribution is -0.181. The summed E-state index contributed by atoms with van der Waals surface area (Å²) in [6, 6.07) is 14.9. The molecular weight excluding hydrogens is 1320 g/mol. The first-order valence-electron chi connectivity index (χ1n) is 42.7. The Morgan fingerprint density at radius 3 is 0.841 bits per heavy atom. The maximum absolute atomic E-state index is 14.5. The summed E-state index contributed by atoms with van der Waals surface area (Å²) in [7, 11) is 0. The number of nitrogens with zero attached hydrogens (tertiary/aromatic N) is 6. The first kappa shape index (κ1) is 69.5. The summed E-state index contributed by atoms with van der Waals surface area (Å²) in [4.78, 5) is 79.8. The predicted octanol–water partition coefficient (Wildman–Crippen LogP) is 20.8. The van der Waals surface area contributed by atoms with Crippen LogP contribution < -0.4 is 0 Å². The Bertz CT molecular complexity index is 4710. The molecule has 9 fully saturated rings. The summed E-state index contributed by atoms with van der Waals surface area (Å²) in [5, 5.41) is 0. The van der Waals surface area contributed by atoms with Crippen molar-refractivity contribution < 1.29 is 28.6 Å². The molecule has 9 saturated carbocycles. The van der Waals surface area contributed by atoms with E-state index in [-0.39, 0.29) is 96.2 Å². The second-order valence-electron chi connectivity index (χ2n) is 40.8. The summed E-state index contributed by atoms with van der Waals surface area (Å²) in [6.45, 7) is 35.1. The van der Waals surface area contributed by atoms with Gasteiger partial charge in [-0.15, -0.1) is 19.7 Å². The van der Waals surface area contributed by atoms with E-state index in [0.29, 0.717) is 37.6 Å². The Hall–Kier alpha value is -6.69. The lowest BCUT2D eigenvalue weighted by Crippen LogP contribution is -2.60. The van der Waals surface area contributed by atoms with Gasteiger partial charge in [0.15, 0.2) is 0 Å². The van der Waals surface area contributed by atoms with Gasteiger partial charge in [0.25, 0.3) is 0 Å². The number of carbonyl (C=O) groups excluding carboxylic acids is 3. The third-order valence-corrected chi connectivity index (χ3v) is 35.4. The highest BCUT2D eigenvalue weighted by Gasteiger charge is 2.73. The fraction of sp³-hybridized carbons (Fsp3) is 0.653. The van der Waals surface area contributed by atoms with E-state index in [0.717, 1.165) is 226 Å². The van der Waals surface area contributed by atoms with E-state index in [9.17, 15) is 14.4 Å². The monoisotopic (exact) mass is 1440 g/mol. The molecular formula is C95H116N6O6. The average Bonchev–Trinajstić information content (AvgIpc) is 1.54. The summed E-state index contributed by atoms with van der Waals surface area (Å²) in [5.74, 6) is 1.70. The summed E-state index contributed by atoms with van der Waals surface area (Å²) in [6.07, 6.45) is 35.7. The minimum atomic E-state index is -0.516. The van der Waals surface area contributed by atoms with Gasteiger partial charge in [-0.05, 0) is 316 Å². The molecule has 3 heterocycles. The van der Waals surface area contributed by atoms with Gasteiger partial charge in [-0.25, -0.2) is 29.9 Å². The van der Waals surface area contributed by atoms with Crippen LogP contribution in [-0.2, 0) is 61.1 Å². The van der Waals surface area contributed by atoms with E-state index in [1.807, 2.05) is 18.2 Å². The molecule has 3 aromatic heterocycles. The Balaban J connectivity index is 0.715. The second-order valence-corrected chi connectivity index (χ2v) is 40.8. The van der Waals surface area contributed by atoms with Crippen molar-refractivity contribution in [2.75, 3.05) is 19.8 Å². The summed E-state index contributed by atoms with van der Waals surface area (Å²) in [5.41, 5.74) is 18.9. The van der Waals surface area contributed by atoms with E-state index in [4.69, 9.17) is 44.1 Å². The lowest BCUT2D eigenvalue weighted by atomic mass is 9.40. The van der Waals surface area contributed by atoms with Crippen molar-refractivity contribution >= 4 is 51.0 Å². The maximum atomic E-state index is 14.5. The van der Waals surface area contributed by atoms with Gasteiger partial charge in [-0.2, -0.15) is 0 Å². The number of hydrogen-bond acceptors (Lipinski definition) is 12. The number of benzene rings is 3. The normalized spacial score (nSPS) is 41.2. The zero-order valence-corrected chi connectivity index (χ0v) is 65.9. The van der Waals surface area contributed by atoms with Crippen LogP contribution in [0.15, 0.2) is 74.4 Å². The highest BCUT2D eigenvalue weighted by atomic mass is 16.5. The largest absolute Gasteiger partial charge is 0.465 e. The van der Waals surface area contributed by atoms with Crippen LogP contribution in [-0.4, -0.2) is 67.6 Å². The molecule has 562 valence electrons. The number of fused-ring (bicyclic) bond motifs is 18. The minimum Gasteiger partial charge on any atom is -0.465 e. The van der Waals surface area contributed by atoms with Crippen molar-refractivity contribution in [3.8, 4) is 0 Å². The average molecular weight is 1440 g/mol. The molecule has 3 aromatic carbocycles. The third-order valence-electron chi connectivity index (χ3n) is 35.4. The molecule has 12 nitrogen and oxygen atoms in total. The fourth-order valence-electron chi connectivity index (χ4n) is 31.1. The standard InChI is InChI=1S/C95H116N6O6/c1-13-16-19-43-105-81(102)90(10)34-22-31-87(7)67(90)28-40-93-54-86(6,39-27-70(87)93)77-78(93)99-64-49-58-57(48-63(64)98-77)74-59-50-65-61(96-75-79(100-65)94-41-29-68-88(8,71(94)25-37-84(75,4)52-94)32-23-35-91(68,11)82(103)106-44-20-17-14-2)46-55(59)73(58)56-47-62-66(51-60(56)74)101-80-76(97-62)85(5)38-26-72-89(9)33-24-36-92(12,83(104)107-45-21-18-15-3)69(89)30-42-95(72,80)53-85/h13-15,46-51,67-74H,1-3,16-45,52-54H2,4-12H3. The molecule has 8 bridgehead atoms. The molecule has 0 amide bonds. The Labute approximate surface area is 634 Å². The number of rotatable bonds is 15. The highest BCUT2D eigenvalue weighted by Crippen LogP contribution is 2.77. The molecule has 15 aliphatic carbocycles. The van der Waals surface area contributed by atoms with Crippen molar-refractivity contribution in [3.63, 3.8) is 0 Å². The predicted molar refractivity (Wildman–Crippen MR) is 419 cm³/mol. The highest BCUT2D eigenvalue weighted by molar-refractivity contribution is 5.89. The zero-order chi connectivity index (χ0) is 73.8. The van der Waals surface area contributed by atoms with Crippen LogP contribution in [0.1, 0.15) is 334 Å². The van der Waals surface area contributed by atoms with E-state index >= 15 is 0 Å². The van der Waals surface area contributed by atoms with E-state index in [2.05, 4.69) is 118 Å². The number of ether oxygens (including phenoxy) is 3. The van der Waals surface area contributed by atoms with Crippen LogP contribution in [0.25, 0.3) is 33.1 Å². The molecule has 107 heavy (non-hydrogen) atoms. The van der Waals surface area contributed by atoms with E-state index in [1.165, 1.54) is 67.5 Å². The molecule has 0 radical (unpaired) electrons. The number of carbonyl (C=O) groups is 3. The molecule has 6 aromatic rings. The van der Waals surface area contributed by atoms with Gasteiger partial charge in [-0.1, -0.05) is 79.0 Å². The molecule has 18 unspecified atom stereocenters. The topological polar surface area (TPSA) is 156 Å². The van der Waals surface area contributed by atoms with Gasteiger partial charge in [0.2, 0.25) is 0 Å². The third kappa shape index (κ3) is 9.00. The first-order valence-corrected chi connectivity index (χ1v) is 42.7. The number of allylic oxidation sites excluding steroid dienone is 3. The molecule has 0 N–H and O–H groups in total. The SMILES string of the molecule is C=CCCCOC(=O)C1(C)CCCC2(C)C1CCC13CC(C)(CCC12)c1nc2cc4c(cc2nc13)C1c2cc3nc5c(nc3cc2C4c2cc3nc4c(nc3cc21)C1(C)CCC2C4(CCC3C(C)(C(=O)OCCCC=C)CCCC32C)C1)C12CCC3C(C)(C(=O)OCCCC=C)CCCC3(C)C1CCC5(C)C2. The Morgan fingerprint density at radius 2 is 0.589 bits per heavy atom. The van der Waals surface area contributed by atoms with Crippen molar-refractivity contribution in [2.45, 2.75) is 299 Å². The second kappa shape index (κ2) is 23.2. The van der Waals surface area contributed by atoms with Crippen molar-refractivity contribution in [2.24, 2.45) is 68.0 Å². The molecule has 3 spiro atoms. The van der Waals surface area contributed by atoms with Gasteiger partial charge >= 0.3 is 17.9 Å². The number of aromatic nitrogens is 6. The van der Waals surface area contributed by atoms with Crippen LogP contribution in [0.2, 0.25) is 0 Å². The number of unbranched alkanes of at least 4 members (excludes halogenated alkanes) is 3. The van der Waals surface area contributed by atoms with Gasteiger partial charge in [0, 0.05) is 44.3 Å². The van der Waals surface area contributed by atoms with Crippen molar-refractivity contribution in [1.82, 2.24) is 29.9 Å². The zero-order valence-electron chi connectivity index (χ0n) is 65.9. The van der Waals surface area contributed by atoms with Crippen molar-refractivity contribution in [1.29, 1.82) is 0 Å². The number of hydrogen-bond donors (Lipinski definition) is 0. The molecule has 0 aliphatic heterocycles. The summed E-state index contributed by atoms with van der Waals surface area (Å²) < 4.78 is 18.6.